The average Bonchev–Trinajstić information content (AvgIpc) is 2.44. The zero-order valence-corrected chi connectivity index (χ0v) is 13.7. The van der Waals surface area contributed by atoms with E-state index < -0.39 is 5.54 Å². The summed E-state index contributed by atoms with van der Waals surface area (Å²) in [5, 5.41) is 2.79. The van der Waals surface area contributed by atoms with Crippen LogP contribution in [-0.2, 0) is 4.79 Å². The fourth-order valence-corrected chi connectivity index (χ4v) is 1.84. The Morgan fingerprint density at radius 1 is 1.29 bits per heavy atom. The monoisotopic (exact) mass is 316 g/mol. The van der Waals surface area contributed by atoms with E-state index in [1.807, 2.05) is 31.2 Å². The molecule has 3 N–H and O–H groups in total. The van der Waals surface area contributed by atoms with Crippen molar-refractivity contribution < 1.29 is 14.3 Å². The highest BCUT2D eigenvalue weighted by Gasteiger charge is 2.26. The van der Waals surface area contributed by atoms with Crippen LogP contribution < -0.4 is 20.5 Å². The molecular weight excluding hydrogens is 292 g/mol. The lowest BCUT2D eigenvalue weighted by molar-refractivity contribution is -0.126. The molecule has 0 heterocycles. The van der Waals surface area contributed by atoms with Gasteiger partial charge in [-0.05, 0) is 37.6 Å². The second-order valence-corrected chi connectivity index (χ2v) is 4.95. The van der Waals surface area contributed by atoms with Crippen LogP contribution >= 0.6 is 12.4 Å². The van der Waals surface area contributed by atoms with Gasteiger partial charge in [-0.1, -0.05) is 13.3 Å². The van der Waals surface area contributed by atoms with Crippen LogP contribution in [0.5, 0.6) is 11.5 Å². The van der Waals surface area contributed by atoms with Crippen molar-refractivity contribution in [3.8, 4) is 11.5 Å². The summed E-state index contributed by atoms with van der Waals surface area (Å²) in [6.45, 7) is 4.59. The number of methoxy groups -OCH3 is 1. The van der Waals surface area contributed by atoms with Crippen LogP contribution in [0.3, 0.4) is 0 Å². The maximum atomic E-state index is 11.8. The normalized spacial score (nSPS) is 12.8. The molecule has 0 aromatic heterocycles. The number of halogens is 1. The number of amides is 1. The van der Waals surface area contributed by atoms with Crippen molar-refractivity contribution >= 4 is 18.3 Å². The Kier molecular flexibility index (Phi) is 8.81. The minimum Gasteiger partial charge on any atom is -0.497 e. The third kappa shape index (κ3) is 6.69. The van der Waals surface area contributed by atoms with Gasteiger partial charge in [-0.3, -0.25) is 4.79 Å². The van der Waals surface area contributed by atoms with Crippen molar-refractivity contribution in [3.05, 3.63) is 24.3 Å². The van der Waals surface area contributed by atoms with Crippen molar-refractivity contribution in [2.45, 2.75) is 32.2 Å². The van der Waals surface area contributed by atoms with Gasteiger partial charge in [-0.15, -0.1) is 12.4 Å². The molecule has 120 valence electrons. The van der Waals surface area contributed by atoms with Gasteiger partial charge in [0.1, 0.15) is 18.1 Å². The molecule has 1 aromatic rings. The zero-order valence-electron chi connectivity index (χ0n) is 12.8. The third-order valence-corrected chi connectivity index (χ3v) is 3.00. The van der Waals surface area contributed by atoms with E-state index in [0.29, 0.717) is 19.6 Å². The van der Waals surface area contributed by atoms with Gasteiger partial charge in [0.25, 0.3) is 0 Å². The van der Waals surface area contributed by atoms with Crippen molar-refractivity contribution in [1.29, 1.82) is 0 Å². The number of carbonyl (C=O) groups is 1. The number of benzene rings is 1. The summed E-state index contributed by atoms with van der Waals surface area (Å²) >= 11 is 0. The topological polar surface area (TPSA) is 73.6 Å². The highest BCUT2D eigenvalue weighted by atomic mass is 35.5. The molecule has 5 nitrogen and oxygen atoms in total. The first-order valence-corrected chi connectivity index (χ1v) is 6.83. The predicted molar refractivity (Wildman–Crippen MR) is 86.2 cm³/mol. The van der Waals surface area contributed by atoms with Crippen molar-refractivity contribution in [1.82, 2.24) is 5.32 Å². The first kappa shape index (κ1) is 19.5. The smallest absolute Gasteiger partial charge is 0.239 e. The molecule has 0 spiro atoms. The summed E-state index contributed by atoms with van der Waals surface area (Å²) < 4.78 is 10.6. The van der Waals surface area contributed by atoms with E-state index in [-0.39, 0.29) is 18.3 Å². The molecule has 0 radical (unpaired) electrons. The van der Waals surface area contributed by atoms with E-state index in [2.05, 4.69) is 5.32 Å². The Balaban J connectivity index is 0.00000400. The van der Waals surface area contributed by atoms with Gasteiger partial charge >= 0.3 is 0 Å². The highest BCUT2D eigenvalue weighted by molar-refractivity contribution is 5.85. The molecule has 0 saturated carbocycles. The summed E-state index contributed by atoms with van der Waals surface area (Å²) in [6.07, 6.45) is 1.54. The highest BCUT2D eigenvalue weighted by Crippen LogP contribution is 2.16. The van der Waals surface area contributed by atoms with Gasteiger partial charge in [-0.2, -0.15) is 0 Å². The molecule has 6 heteroatoms. The summed E-state index contributed by atoms with van der Waals surface area (Å²) in [7, 11) is 1.62. The molecule has 0 fully saturated rings. The van der Waals surface area contributed by atoms with Crippen LogP contribution in [0.1, 0.15) is 26.7 Å². The van der Waals surface area contributed by atoms with Gasteiger partial charge in [0, 0.05) is 0 Å². The number of hydrogen-bond acceptors (Lipinski definition) is 4. The summed E-state index contributed by atoms with van der Waals surface area (Å²) in [6, 6.07) is 7.30. The van der Waals surface area contributed by atoms with E-state index in [9.17, 15) is 4.79 Å². The Hall–Kier alpha value is -1.46. The minimum atomic E-state index is -0.811. The van der Waals surface area contributed by atoms with E-state index >= 15 is 0 Å². The second kappa shape index (κ2) is 9.47. The fraction of sp³-hybridized carbons (Fsp3) is 0.533. The van der Waals surface area contributed by atoms with Crippen LogP contribution in [0.25, 0.3) is 0 Å². The molecule has 0 saturated heterocycles. The van der Waals surface area contributed by atoms with Gasteiger partial charge in [-0.25, -0.2) is 0 Å². The molecule has 1 unspecified atom stereocenters. The summed E-state index contributed by atoms with van der Waals surface area (Å²) in [5.41, 5.74) is 5.12. The molecule has 21 heavy (non-hydrogen) atoms. The Morgan fingerprint density at radius 2 is 1.86 bits per heavy atom. The quantitative estimate of drug-likeness (QED) is 0.721. The Labute approximate surface area is 132 Å². The van der Waals surface area contributed by atoms with Crippen molar-refractivity contribution in [3.63, 3.8) is 0 Å². The number of carbonyl (C=O) groups excluding carboxylic acids is 1. The van der Waals surface area contributed by atoms with Crippen LogP contribution in [0, 0.1) is 0 Å². The van der Waals surface area contributed by atoms with Crippen LogP contribution in [0.4, 0.5) is 0 Å². The van der Waals surface area contributed by atoms with E-state index in [1.54, 1.807) is 14.0 Å². The SMILES string of the molecule is CCCC(C)(N)C(=O)NCCOc1ccc(OC)cc1.Cl. The van der Waals surface area contributed by atoms with E-state index in [0.717, 1.165) is 17.9 Å². The molecule has 0 aliphatic heterocycles. The fourth-order valence-electron chi connectivity index (χ4n) is 1.84. The van der Waals surface area contributed by atoms with E-state index in [1.165, 1.54) is 0 Å². The number of hydrogen-bond donors (Lipinski definition) is 2. The minimum absolute atomic E-state index is 0. The average molecular weight is 317 g/mol. The van der Waals surface area contributed by atoms with E-state index in [4.69, 9.17) is 15.2 Å². The molecule has 1 atom stereocenters. The van der Waals surface area contributed by atoms with Gasteiger partial charge in [0.05, 0.1) is 19.2 Å². The zero-order chi connectivity index (χ0) is 15.0. The maximum absolute atomic E-state index is 11.8. The largest absolute Gasteiger partial charge is 0.497 e. The molecule has 0 aliphatic carbocycles. The number of rotatable bonds is 8. The number of nitrogens with two attached hydrogens (primary N) is 1. The summed E-state index contributed by atoms with van der Waals surface area (Å²) in [5.74, 6) is 1.38. The predicted octanol–water partition coefficient (Wildman–Crippen LogP) is 2.13. The lowest BCUT2D eigenvalue weighted by atomic mass is 9.97. The molecular formula is C15H25ClN2O3. The number of ether oxygens (including phenoxy) is 2. The Bertz CT molecular complexity index is 421. The molecule has 1 rings (SSSR count). The summed E-state index contributed by atoms with van der Waals surface area (Å²) in [4.78, 5) is 11.8. The Morgan fingerprint density at radius 3 is 2.38 bits per heavy atom. The van der Waals surface area contributed by atoms with Crippen molar-refractivity contribution in [2.24, 2.45) is 5.73 Å². The van der Waals surface area contributed by atoms with Crippen LogP contribution in [0.15, 0.2) is 24.3 Å². The van der Waals surface area contributed by atoms with Crippen LogP contribution in [-0.4, -0.2) is 31.7 Å². The van der Waals surface area contributed by atoms with Gasteiger partial charge in [0.2, 0.25) is 5.91 Å². The number of nitrogens with one attached hydrogen (secondary N) is 1. The lowest BCUT2D eigenvalue weighted by Crippen LogP contribution is -2.52. The second-order valence-electron chi connectivity index (χ2n) is 4.95. The third-order valence-electron chi connectivity index (χ3n) is 3.00. The molecule has 1 aromatic carbocycles. The maximum Gasteiger partial charge on any atom is 0.239 e. The molecule has 1 amide bonds. The van der Waals surface area contributed by atoms with Crippen molar-refractivity contribution in [2.75, 3.05) is 20.3 Å². The van der Waals surface area contributed by atoms with Crippen LogP contribution in [0.2, 0.25) is 0 Å². The first-order chi connectivity index (χ1) is 9.49. The first-order valence-electron chi connectivity index (χ1n) is 6.83. The van der Waals surface area contributed by atoms with Gasteiger partial charge < -0.3 is 20.5 Å². The lowest BCUT2D eigenvalue weighted by Gasteiger charge is -2.22. The standard InChI is InChI=1S/C15H24N2O3.ClH/c1-4-9-15(2,16)14(18)17-10-11-20-13-7-5-12(19-3)6-8-13;/h5-8H,4,9-11,16H2,1-3H3,(H,17,18);1H. The van der Waals surface area contributed by atoms with Gasteiger partial charge in [0.15, 0.2) is 0 Å². The molecule has 0 aliphatic rings. The molecule has 0 bridgehead atoms.